The average Bonchev–Trinajstić information content (AvgIpc) is 2.92. The highest BCUT2D eigenvalue weighted by Gasteiger charge is 2.33. The Morgan fingerprint density at radius 1 is 1.26 bits per heavy atom. The second-order valence-corrected chi connectivity index (χ2v) is 7.54. The molecule has 2 aromatic carbocycles. The summed E-state index contributed by atoms with van der Waals surface area (Å²) in [6.45, 7) is 2.41. The third kappa shape index (κ3) is 4.10. The normalized spacial score (nSPS) is 15.6. The Morgan fingerprint density at radius 3 is 2.70 bits per heavy atom. The molecule has 0 radical (unpaired) electrons. The van der Waals surface area contributed by atoms with E-state index in [0.717, 1.165) is 5.56 Å². The van der Waals surface area contributed by atoms with Crippen molar-refractivity contribution in [2.75, 3.05) is 18.6 Å². The quantitative estimate of drug-likeness (QED) is 0.482. The molecule has 0 N–H and O–H groups in total. The Bertz CT molecular complexity index is 949. The van der Waals surface area contributed by atoms with Gasteiger partial charge in [-0.3, -0.25) is 9.69 Å². The number of methoxy groups -OCH3 is 1. The van der Waals surface area contributed by atoms with E-state index >= 15 is 0 Å². The van der Waals surface area contributed by atoms with Crippen molar-refractivity contribution < 1.29 is 18.7 Å². The summed E-state index contributed by atoms with van der Waals surface area (Å²) >= 11 is 12.3. The third-order valence-corrected chi connectivity index (χ3v) is 5.33. The Labute approximate surface area is 170 Å². The summed E-state index contributed by atoms with van der Waals surface area (Å²) in [6.07, 6.45) is 1.72. The number of thioether (sulfide) groups is 1. The Hall–Kier alpha value is -2.09. The molecule has 1 amide bonds. The summed E-state index contributed by atoms with van der Waals surface area (Å²) < 4.78 is 24.6. The van der Waals surface area contributed by atoms with Crippen molar-refractivity contribution in [3.63, 3.8) is 0 Å². The van der Waals surface area contributed by atoms with Crippen molar-refractivity contribution in [2.45, 2.75) is 6.92 Å². The van der Waals surface area contributed by atoms with Gasteiger partial charge in [-0.25, -0.2) is 4.39 Å². The zero-order chi connectivity index (χ0) is 19.6. The van der Waals surface area contributed by atoms with E-state index in [9.17, 15) is 9.18 Å². The monoisotopic (exact) mass is 423 g/mol. The van der Waals surface area contributed by atoms with Crippen LogP contribution in [0.2, 0.25) is 5.02 Å². The van der Waals surface area contributed by atoms with E-state index in [1.807, 2.05) is 13.0 Å². The van der Waals surface area contributed by atoms with Crippen molar-refractivity contribution in [1.82, 2.24) is 0 Å². The number of rotatable bonds is 5. The van der Waals surface area contributed by atoms with Crippen LogP contribution in [0.5, 0.6) is 11.5 Å². The fourth-order valence-corrected chi connectivity index (χ4v) is 3.99. The minimum absolute atomic E-state index is 0.0678. The lowest BCUT2D eigenvalue weighted by atomic mass is 10.2. The van der Waals surface area contributed by atoms with E-state index in [-0.39, 0.29) is 10.9 Å². The van der Waals surface area contributed by atoms with E-state index < -0.39 is 5.82 Å². The van der Waals surface area contributed by atoms with Crippen molar-refractivity contribution in [1.29, 1.82) is 0 Å². The van der Waals surface area contributed by atoms with Gasteiger partial charge in [-0.05, 0) is 48.9 Å². The molecule has 1 saturated heterocycles. The summed E-state index contributed by atoms with van der Waals surface area (Å²) in [4.78, 5) is 14.6. The molecule has 0 saturated carbocycles. The standard InChI is InChI=1S/C19H15ClFNO3S2/c1-3-25-15-7-4-11(8-16(15)24-2)9-17-18(23)22(19(26)27-17)12-5-6-14(21)13(20)10-12/h4-10H,3H2,1-2H3/b17-9-. The van der Waals surface area contributed by atoms with Crippen molar-refractivity contribution in [2.24, 2.45) is 0 Å². The number of thiocarbonyl (C=S) groups is 1. The van der Waals surface area contributed by atoms with Gasteiger partial charge in [0.25, 0.3) is 5.91 Å². The number of amides is 1. The molecule has 8 heteroatoms. The summed E-state index contributed by atoms with van der Waals surface area (Å²) in [6, 6.07) is 9.45. The lowest BCUT2D eigenvalue weighted by Gasteiger charge is -2.14. The Morgan fingerprint density at radius 2 is 2.04 bits per heavy atom. The number of hydrogen-bond acceptors (Lipinski definition) is 5. The number of ether oxygens (including phenoxy) is 2. The Balaban J connectivity index is 1.91. The first-order chi connectivity index (χ1) is 12.9. The smallest absolute Gasteiger partial charge is 0.270 e. The van der Waals surface area contributed by atoms with Crippen LogP contribution in [0.1, 0.15) is 12.5 Å². The number of halogens is 2. The first kappa shape index (κ1) is 19.7. The van der Waals surface area contributed by atoms with Crippen molar-refractivity contribution >= 4 is 57.6 Å². The van der Waals surface area contributed by atoms with Gasteiger partial charge in [0.05, 0.1) is 29.3 Å². The maximum absolute atomic E-state index is 13.4. The molecule has 27 heavy (non-hydrogen) atoms. The van der Waals surface area contributed by atoms with Crippen molar-refractivity contribution in [3.05, 3.63) is 57.7 Å². The molecule has 0 bridgehead atoms. The van der Waals surface area contributed by atoms with Gasteiger partial charge in [0.2, 0.25) is 0 Å². The first-order valence-electron chi connectivity index (χ1n) is 7.98. The highest BCUT2D eigenvalue weighted by Crippen LogP contribution is 2.38. The largest absolute Gasteiger partial charge is 0.493 e. The molecule has 2 aromatic rings. The number of anilines is 1. The molecule has 1 aliphatic rings. The van der Waals surface area contributed by atoms with E-state index in [4.69, 9.17) is 33.3 Å². The first-order valence-corrected chi connectivity index (χ1v) is 9.58. The van der Waals surface area contributed by atoms with Gasteiger partial charge < -0.3 is 9.47 Å². The molecule has 0 atom stereocenters. The van der Waals surface area contributed by atoms with Crippen LogP contribution in [-0.2, 0) is 4.79 Å². The van der Waals surface area contributed by atoms with Gasteiger partial charge in [-0.1, -0.05) is 41.6 Å². The zero-order valence-corrected chi connectivity index (χ0v) is 16.9. The SMILES string of the molecule is CCOc1ccc(/C=C2\SC(=S)N(c3ccc(F)c(Cl)c3)C2=O)cc1OC. The molecule has 140 valence electrons. The number of benzene rings is 2. The number of hydrogen-bond donors (Lipinski definition) is 0. The number of nitrogens with zero attached hydrogens (tertiary/aromatic N) is 1. The zero-order valence-electron chi connectivity index (χ0n) is 14.5. The lowest BCUT2D eigenvalue weighted by Crippen LogP contribution is -2.27. The van der Waals surface area contributed by atoms with Gasteiger partial charge in [0, 0.05) is 0 Å². The fourth-order valence-electron chi connectivity index (χ4n) is 2.51. The van der Waals surface area contributed by atoms with Gasteiger partial charge in [-0.2, -0.15) is 0 Å². The fraction of sp³-hybridized carbons (Fsp3) is 0.158. The van der Waals surface area contributed by atoms with Gasteiger partial charge in [0.15, 0.2) is 15.8 Å². The van der Waals surface area contributed by atoms with Crippen LogP contribution in [-0.4, -0.2) is 23.9 Å². The average molecular weight is 424 g/mol. The van der Waals surface area contributed by atoms with E-state index in [1.165, 1.54) is 34.9 Å². The minimum atomic E-state index is -0.553. The highest BCUT2D eigenvalue weighted by atomic mass is 35.5. The molecule has 0 spiro atoms. The van der Waals surface area contributed by atoms with E-state index in [0.29, 0.717) is 33.0 Å². The number of carbonyl (C=O) groups is 1. The lowest BCUT2D eigenvalue weighted by molar-refractivity contribution is -0.113. The summed E-state index contributed by atoms with van der Waals surface area (Å²) in [5.41, 5.74) is 1.20. The molecule has 4 nitrogen and oxygen atoms in total. The summed E-state index contributed by atoms with van der Waals surface area (Å²) in [5, 5.41) is -0.0678. The van der Waals surface area contributed by atoms with Crippen LogP contribution in [0.15, 0.2) is 41.3 Å². The maximum Gasteiger partial charge on any atom is 0.270 e. The maximum atomic E-state index is 13.4. The third-order valence-electron chi connectivity index (χ3n) is 3.74. The topological polar surface area (TPSA) is 38.8 Å². The second-order valence-electron chi connectivity index (χ2n) is 5.46. The van der Waals surface area contributed by atoms with Crippen LogP contribution in [0.4, 0.5) is 10.1 Å². The van der Waals surface area contributed by atoms with E-state index in [2.05, 4.69) is 0 Å². The predicted molar refractivity (Wildman–Crippen MR) is 111 cm³/mol. The van der Waals surface area contributed by atoms with Gasteiger partial charge in [0.1, 0.15) is 5.82 Å². The van der Waals surface area contributed by atoms with E-state index in [1.54, 1.807) is 25.3 Å². The molecule has 1 fully saturated rings. The second kappa shape index (κ2) is 8.29. The van der Waals surface area contributed by atoms with Crippen molar-refractivity contribution in [3.8, 4) is 11.5 Å². The molecule has 0 aromatic heterocycles. The Kier molecular flexibility index (Phi) is 6.04. The molecule has 3 rings (SSSR count). The number of carbonyl (C=O) groups excluding carboxylic acids is 1. The molecule has 1 heterocycles. The summed E-state index contributed by atoms with van der Waals surface area (Å²) in [5.74, 6) is 0.362. The van der Waals surface area contributed by atoms with Crippen LogP contribution < -0.4 is 14.4 Å². The predicted octanol–water partition coefficient (Wildman–Crippen LogP) is 5.29. The highest BCUT2D eigenvalue weighted by molar-refractivity contribution is 8.27. The molecule has 0 aliphatic carbocycles. The van der Waals surface area contributed by atoms with Crippen LogP contribution in [0.3, 0.4) is 0 Å². The van der Waals surface area contributed by atoms with Gasteiger partial charge in [-0.15, -0.1) is 0 Å². The molecular formula is C19H15ClFNO3S2. The van der Waals surface area contributed by atoms with Crippen LogP contribution in [0.25, 0.3) is 6.08 Å². The summed E-state index contributed by atoms with van der Waals surface area (Å²) in [7, 11) is 1.55. The van der Waals surface area contributed by atoms with Gasteiger partial charge >= 0.3 is 0 Å². The van der Waals surface area contributed by atoms with Crippen LogP contribution >= 0.6 is 35.6 Å². The van der Waals surface area contributed by atoms with Crippen LogP contribution in [0, 0.1) is 5.82 Å². The minimum Gasteiger partial charge on any atom is -0.493 e. The molecule has 0 unspecified atom stereocenters. The molecule has 1 aliphatic heterocycles. The molecular weight excluding hydrogens is 409 g/mol.